The number of piperidine rings is 1. The van der Waals surface area contributed by atoms with E-state index in [1.807, 2.05) is 6.20 Å². The van der Waals surface area contributed by atoms with Crippen LogP contribution >= 0.6 is 0 Å². The second-order valence-electron chi connectivity index (χ2n) is 8.00. The van der Waals surface area contributed by atoms with Gasteiger partial charge in [0.15, 0.2) is 0 Å². The van der Waals surface area contributed by atoms with E-state index in [2.05, 4.69) is 35.2 Å². The van der Waals surface area contributed by atoms with Crippen molar-refractivity contribution in [2.75, 3.05) is 13.1 Å². The lowest BCUT2D eigenvalue weighted by Crippen LogP contribution is -2.39. The Bertz CT molecular complexity index is 537. The number of aryl methyl sites for hydroxylation is 1. The molecule has 23 heavy (non-hydrogen) atoms. The van der Waals surface area contributed by atoms with Gasteiger partial charge in [-0.05, 0) is 50.4 Å². The molecule has 0 bridgehead atoms. The van der Waals surface area contributed by atoms with Gasteiger partial charge in [-0.2, -0.15) is 0 Å². The Hall–Kier alpha value is -1.32. The second-order valence-corrected chi connectivity index (χ2v) is 8.00. The molecule has 0 radical (unpaired) electrons. The Kier molecular flexibility index (Phi) is 5.08. The van der Waals surface area contributed by atoms with Crippen LogP contribution in [0, 0.1) is 24.7 Å². The summed E-state index contributed by atoms with van der Waals surface area (Å²) in [6.45, 7) is 9.43. The van der Waals surface area contributed by atoms with E-state index in [0.29, 0.717) is 24.2 Å². The van der Waals surface area contributed by atoms with Crippen molar-refractivity contribution in [3.8, 4) is 0 Å². The molecule has 4 heteroatoms. The van der Waals surface area contributed by atoms with Crippen molar-refractivity contribution < 1.29 is 4.79 Å². The summed E-state index contributed by atoms with van der Waals surface area (Å²) < 4.78 is 2.44. The van der Waals surface area contributed by atoms with Gasteiger partial charge in [0, 0.05) is 44.4 Å². The van der Waals surface area contributed by atoms with Crippen molar-refractivity contribution in [1.82, 2.24) is 14.5 Å². The highest BCUT2D eigenvalue weighted by Gasteiger charge is 2.26. The van der Waals surface area contributed by atoms with Crippen molar-refractivity contribution in [1.29, 1.82) is 0 Å². The molecule has 3 rings (SSSR count). The van der Waals surface area contributed by atoms with E-state index in [-0.39, 0.29) is 0 Å². The molecule has 1 amide bonds. The first-order chi connectivity index (χ1) is 11.0. The fourth-order valence-corrected chi connectivity index (χ4v) is 3.60. The van der Waals surface area contributed by atoms with E-state index >= 15 is 0 Å². The van der Waals surface area contributed by atoms with Crippen LogP contribution in [0.4, 0.5) is 0 Å². The lowest BCUT2D eigenvalue weighted by atomic mass is 9.92. The summed E-state index contributed by atoms with van der Waals surface area (Å²) in [5.41, 5.74) is 1.30. The molecule has 2 fully saturated rings. The maximum atomic E-state index is 12.2. The zero-order valence-corrected chi connectivity index (χ0v) is 14.9. The largest absolute Gasteiger partial charge is 0.343 e. The van der Waals surface area contributed by atoms with Crippen molar-refractivity contribution >= 4 is 5.91 Å². The minimum atomic E-state index is 0.338. The molecule has 2 heterocycles. The number of hydrogen-bond donors (Lipinski definition) is 0. The third-order valence-electron chi connectivity index (χ3n) is 5.30. The number of aromatic nitrogens is 2. The van der Waals surface area contributed by atoms with Gasteiger partial charge in [-0.15, -0.1) is 0 Å². The number of imidazole rings is 1. The van der Waals surface area contributed by atoms with Crippen LogP contribution in [0.15, 0.2) is 6.20 Å². The first-order valence-corrected chi connectivity index (χ1v) is 9.31. The molecular weight excluding hydrogens is 286 g/mol. The molecule has 4 nitrogen and oxygen atoms in total. The number of rotatable bonds is 6. The summed E-state index contributed by atoms with van der Waals surface area (Å²) in [5.74, 6) is 3.62. The predicted octanol–water partition coefficient (Wildman–Crippen LogP) is 3.43. The number of amides is 1. The third-order valence-corrected chi connectivity index (χ3v) is 5.30. The Morgan fingerprint density at radius 1 is 1.22 bits per heavy atom. The molecule has 0 spiro atoms. The quantitative estimate of drug-likeness (QED) is 0.806. The minimum absolute atomic E-state index is 0.338. The molecule has 128 valence electrons. The van der Waals surface area contributed by atoms with E-state index in [1.54, 1.807) is 0 Å². The minimum Gasteiger partial charge on any atom is -0.343 e. The molecule has 1 aliphatic carbocycles. The van der Waals surface area contributed by atoms with E-state index in [9.17, 15) is 4.79 Å². The van der Waals surface area contributed by atoms with Crippen molar-refractivity contribution in [3.63, 3.8) is 0 Å². The Balaban J connectivity index is 1.52. The first kappa shape index (κ1) is 16.5. The normalized spacial score (nSPS) is 19.6. The van der Waals surface area contributed by atoms with E-state index in [1.165, 1.54) is 24.4 Å². The van der Waals surface area contributed by atoms with Crippen LogP contribution in [0.5, 0.6) is 0 Å². The first-order valence-electron chi connectivity index (χ1n) is 9.31. The predicted molar refractivity (Wildman–Crippen MR) is 92.2 cm³/mol. The number of carbonyl (C=O) groups is 1. The van der Waals surface area contributed by atoms with Crippen LogP contribution in [0.1, 0.15) is 57.5 Å². The number of likely N-dealkylation sites (tertiary alicyclic amines) is 1. The molecule has 0 N–H and O–H groups in total. The highest BCUT2D eigenvalue weighted by Crippen LogP contribution is 2.32. The monoisotopic (exact) mass is 317 g/mol. The average molecular weight is 317 g/mol. The van der Waals surface area contributed by atoms with Crippen molar-refractivity contribution in [2.45, 2.75) is 65.8 Å². The van der Waals surface area contributed by atoms with E-state index in [0.717, 1.165) is 44.8 Å². The molecule has 1 aliphatic heterocycles. The van der Waals surface area contributed by atoms with Gasteiger partial charge in [0.1, 0.15) is 5.82 Å². The zero-order chi connectivity index (χ0) is 16.4. The van der Waals surface area contributed by atoms with Gasteiger partial charge in [-0.3, -0.25) is 4.79 Å². The maximum absolute atomic E-state index is 12.2. The maximum Gasteiger partial charge on any atom is 0.222 e. The van der Waals surface area contributed by atoms with Gasteiger partial charge in [0.2, 0.25) is 5.91 Å². The fraction of sp³-hybridized carbons (Fsp3) is 0.789. The molecular formula is C19H31N3O. The molecule has 0 aromatic carbocycles. The van der Waals surface area contributed by atoms with Gasteiger partial charge in [0.05, 0.1) is 0 Å². The summed E-state index contributed by atoms with van der Waals surface area (Å²) in [6.07, 6.45) is 8.81. The van der Waals surface area contributed by atoms with Crippen LogP contribution in [0.25, 0.3) is 0 Å². The molecule has 0 unspecified atom stereocenters. The van der Waals surface area contributed by atoms with Crippen LogP contribution in [0.3, 0.4) is 0 Å². The lowest BCUT2D eigenvalue weighted by Gasteiger charge is -2.32. The van der Waals surface area contributed by atoms with Crippen molar-refractivity contribution in [2.24, 2.45) is 17.8 Å². The van der Waals surface area contributed by atoms with Gasteiger partial charge < -0.3 is 9.47 Å². The van der Waals surface area contributed by atoms with Gasteiger partial charge >= 0.3 is 0 Å². The van der Waals surface area contributed by atoms with Gasteiger partial charge in [-0.1, -0.05) is 13.8 Å². The summed E-state index contributed by atoms with van der Waals surface area (Å²) in [4.78, 5) is 18.9. The lowest BCUT2D eigenvalue weighted by molar-refractivity contribution is -0.133. The summed E-state index contributed by atoms with van der Waals surface area (Å²) in [7, 11) is 0. The smallest absolute Gasteiger partial charge is 0.222 e. The summed E-state index contributed by atoms with van der Waals surface area (Å²) in [6, 6.07) is 0. The van der Waals surface area contributed by atoms with Crippen LogP contribution in [0.2, 0.25) is 0 Å². The SMILES string of the molecule is Cc1cnc(CC2CCN(C(=O)CC(C)C)CC2)n1CC1CC1. The molecule has 0 atom stereocenters. The summed E-state index contributed by atoms with van der Waals surface area (Å²) in [5, 5.41) is 0. The highest BCUT2D eigenvalue weighted by atomic mass is 16.2. The van der Waals surface area contributed by atoms with Crippen molar-refractivity contribution in [3.05, 3.63) is 17.7 Å². The Labute approximate surface area is 140 Å². The topological polar surface area (TPSA) is 38.1 Å². The van der Waals surface area contributed by atoms with Crippen LogP contribution in [-0.4, -0.2) is 33.4 Å². The van der Waals surface area contributed by atoms with Gasteiger partial charge in [-0.25, -0.2) is 4.98 Å². The molecule has 2 aliphatic rings. The van der Waals surface area contributed by atoms with Crippen LogP contribution < -0.4 is 0 Å². The molecule has 1 aromatic rings. The second kappa shape index (κ2) is 7.06. The average Bonchev–Trinajstić information content (AvgIpc) is 3.27. The molecule has 1 saturated heterocycles. The Morgan fingerprint density at radius 3 is 2.52 bits per heavy atom. The summed E-state index contributed by atoms with van der Waals surface area (Å²) >= 11 is 0. The third kappa shape index (κ3) is 4.36. The van der Waals surface area contributed by atoms with E-state index in [4.69, 9.17) is 0 Å². The molecule has 1 aromatic heterocycles. The highest BCUT2D eigenvalue weighted by molar-refractivity contribution is 5.76. The number of carbonyl (C=O) groups excluding carboxylic acids is 1. The number of hydrogen-bond acceptors (Lipinski definition) is 2. The zero-order valence-electron chi connectivity index (χ0n) is 14.9. The number of nitrogens with zero attached hydrogens (tertiary/aromatic N) is 3. The standard InChI is InChI=1S/C19H31N3O/c1-14(2)10-19(23)21-8-6-16(7-9-21)11-18-20-12-15(3)22(18)13-17-4-5-17/h12,14,16-17H,4-11,13H2,1-3H3. The Morgan fingerprint density at radius 2 is 1.91 bits per heavy atom. The van der Waals surface area contributed by atoms with E-state index < -0.39 is 0 Å². The van der Waals surface area contributed by atoms with Crippen LogP contribution in [-0.2, 0) is 17.8 Å². The van der Waals surface area contributed by atoms with Gasteiger partial charge in [0.25, 0.3) is 0 Å². The molecule has 1 saturated carbocycles. The fourth-order valence-electron chi connectivity index (χ4n) is 3.60.